The van der Waals surface area contributed by atoms with Crippen molar-refractivity contribution in [2.45, 2.75) is 4.90 Å². The standard InChI is InChI=1S/C20H17FN2O4S/c1-27-19-9-5-4-8-18(19)22-20(24)14-10-12-15(13-11-14)28(25,26)23-17-7-3-2-6-16(17)21/h2-13,23H,1H3,(H,22,24). The number of benzene rings is 3. The van der Waals surface area contributed by atoms with Crippen LogP contribution < -0.4 is 14.8 Å². The molecule has 0 aromatic heterocycles. The molecule has 3 rings (SSSR count). The molecule has 3 aromatic rings. The lowest BCUT2D eigenvalue weighted by Crippen LogP contribution is -2.15. The van der Waals surface area contributed by atoms with E-state index in [0.29, 0.717) is 11.4 Å². The number of hydrogen-bond donors (Lipinski definition) is 2. The number of carbonyl (C=O) groups excluding carboxylic acids is 1. The smallest absolute Gasteiger partial charge is 0.261 e. The molecule has 0 saturated carbocycles. The van der Waals surface area contributed by atoms with Gasteiger partial charge in [-0.15, -0.1) is 0 Å². The van der Waals surface area contributed by atoms with E-state index in [1.165, 1.54) is 49.6 Å². The van der Waals surface area contributed by atoms with Crippen molar-refractivity contribution < 1.29 is 22.3 Å². The van der Waals surface area contributed by atoms with Crippen molar-refractivity contribution in [3.05, 3.63) is 84.2 Å². The van der Waals surface area contributed by atoms with E-state index in [9.17, 15) is 17.6 Å². The zero-order valence-corrected chi connectivity index (χ0v) is 15.7. The van der Waals surface area contributed by atoms with Gasteiger partial charge in [-0.05, 0) is 48.5 Å². The number of sulfonamides is 1. The summed E-state index contributed by atoms with van der Waals surface area (Å²) in [7, 11) is -2.50. The van der Waals surface area contributed by atoms with Crippen LogP contribution in [0.4, 0.5) is 15.8 Å². The molecule has 8 heteroatoms. The van der Waals surface area contributed by atoms with Crippen molar-refractivity contribution in [2.75, 3.05) is 17.1 Å². The average Bonchev–Trinajstić information content (AvgIpc) is 2.70. The first-order chi connectivity index (χ1) is 13.4. The maximum absolute atomic E-state index is 13.7. The van der Waals surface area contributed by atoms with Gasteiger partial charge in [0.25, 0.3) is 15.9 Å². The van der Waals surface area contributed by atoms with Crippen molar-refractivity contribution >= 4 is 27.3 Å². The molecule has 0 aliphatic carbocycles. The Labute approximate surface area is 162 Å². The van der Waals surface area contributed by atoms with Crippen LogP contribution in [0.1, 0.15) is 10.4 Å². The molecule has 0 aliphatic rings. The number of para-hydroxylation sites is 3. The Bertz CT molecular complexity index is 1100. The first kappa shape index (κ1) is 19.4. The second kappa shape index (κ2) is 8.10. The van der Waals surface area contributed by atoms with E-state index in [1.54, 1.807) is 24.3 Å². The molecule has 0 aliphatic heterocycles. The van der Waals surface area contributed by atoms with Crippen molar-refractivity contribution in [3.63, 3.8) is 0 Å². The lowest BCUT2D eigenvalue weighted by atomic mass is 10.2. The highest BCUT2D eigenvalue weighted by Gasteiger charge is 2.17. The first-order valence-corrected chi connectivity index (χ1v) is 9.71. The van der Waals surface area contributed by atoms with E-state index in [1.807, 2.05) is 0 Å². The first-order valence-electron chi connectivity index (χ1n) is 8.22. The molecule has 2 N–H and O–H groups in total. The maximum atomic E-state index is 13.7. The van der Waals surface area contributed by atoms with E-state index < -0.39 is 21.7 Å². The fraction of sp³-hybridized carbons (Fsp3) is 0.0500. The zero-order valence-electron chi connectivity index (χ0n) is 14.8. The van der Waals surface area contributed by atoms with E-state index in [0.717, 1.165) is 6.07 Å². The number of rotatable bonds is 6. The summed E-state index contributed by atoms with van der Waals surface area (Å²) in [5, 5.41) is 2.70. The number of halogens is 1. The van der Waals surface area contributed by atoms with Crippen LogP contribution in [0.2, 0.25) is 0 Å². The van der Waals surface area contributed by atoms with Crippen LogP contribution >= 0.6 is 0 Å². The van der Waals surface area contributed by atoms with Crippen LogP contribution in [0.3, 0.4) is 0 Å². The molecule has 0 spiro atoms. The predicted octanol–water partition coefficient (Wildman–Crippen LogP) is 3.89. The van der Waals surface area contributed by atoms with E-state index >= 15 is 0 Å². The van der Waals surface area contributed by atoms with Gasteiger partial charge in [-0.3, -0.25) is 9.52 Å². The highest BCUT2D eigenvalue weighted by Crippen LogP contribution is 2.24. The average molecular weight is 400 g/mol. The fourth-order valence-corrected chi connectivity index (χ4v) is 3.54. The van der Waals surface area contributed by atoms with Crippen LogP contribution in [-0.4, -0.2) is 21.4 Å². The highest BCUT2D eigenvalue weighted by molar-refractivity contribution is 7.92. The Morgan fingerprint density at radius 2 is 1.50 bits per heavy atom. The molecule has 0 atom stereocenters. The number of anilines is 2. The van der Waals surface area contributed by atoms with Crippen LogP contribution in [0, 0.1) is 5.82 Å². The summed E-state index contributed by atoms with van der Waals surface area (Å²) in [6, 6.07) is 17.7. The van der Waals surface area contributed by atoms with Gasteiger partial charge in [-0.1, -0.05) is 24.3 Å². The molecule has 0 fully saturated rings. The molecule has 144 valence electrons. The van der Waals surface area contributed by atoms with Gasteiger partial charge < -0.3 is 10.1 Å². The maximum Gasteiger partial charge on any atom is 0.261 e. The minimum Gasteiger partial charge on any atom is -0.495 e. The molecule has 6 nitrogen and oxygen atoms in total. The molecular weight excluding hydrogens is 383 g/mol. The summed E-state index contributed by atoms with van der Waals surface area (Å²) in [4.78, 5) is 12.3. The van der Waals surface area contributed by atoms with Crippen LogP contribution in [0.25, 0.3) is 0 Å². The summed E-state index contributed by atoms with van der Waals surface area (Å²) in [5.41, 5.74) is 0.601. The zero-order chi connectivity index (χ0) is 20.1. The SMILES string of the molecule is COc1ccccc1NC(=O)c1ccc(S(=O)(=O)Nc2ccccc2F)cc1. The second-order valence-electron chi connectivity index (χ2n) is 5.76. The van der Waals surface area contributed by atoms with E-state index in [2.05, 4.69) is 10.0 Å². The van der Waals surface area contributed by atoms with E-state index in [-0.39, 0.29) is 16.1 Å². The lowest BCUT2D eigenvalue weighted by Gasteiger charge is -2.11. The van der Waals surface area contributed by atoms with Crippen molar-refractivity contribution in [1.82, 2.24) is 0 Å². The van der Waals surface area contributed by atoms with Gasteiger partial charge in [0.15, 0.2) is 0 Å². The molecule has 0 bridgehead atoms. The molecule has 0 unspecified atom stereocenters. The van der Waals surface area contributed by atoms with E-state index in [4.69, 9.17) is 4.74 Å². The minimum atomic E-state index is -3.99. The fourth-order valence-electron chi connectivity index (χ4n) is 2.48. The number of carbonyl (C=O) groups is 1. The molecule has 3 aromatic carbocycles. The summed E-state index contributed by atoms with van der Waals surface area (Å²) in [6.07, 6.45) is 0. The molecule has 1 amide bonds. The Kier molecular flexibility index (Phi) is 5.60. The Morgan fingerprint density at radius 1 is 0.893 bits per heavy atom. The highest BCUT2D eigenvalue weighted by atomic mass is 32.2. The monoisotopic (exact) mass is 400 g/mol. The third kappa shape index (κ3) is 4.29. The van der Waals surface area contributed by atoms with Crippen molar-refractivity contribution in [1.29, 1.82) is 0 Å². The van der Waals surface area contributed by atoms with Crippen molar-refractivity contribution in [3.8, 4) is 5.75 Å². The largest absolute Gasteiger partial charge is 0.495 e. The van der Waals surface area contributed by atoms with Crippen LogP contribution in [0.5, 0.6) is 5.75 Å². The summed E-state index contributed by atoms with van der Waals surface area (Å²) >= 11 is 0. The third-order valence-electron chi connectivity index (χ3n) is 3.90. The van der Waals surface area contributed by atoms with Crippen molar-refractivity contribution in [2.24, 2.45) is 0 Å². The van der Waals surface area contributed by atoms with Gasteiger partial charge in [-0.25, -0.2) is 12.8 Å². The van der Waals surface area contributed by atoms with Gasteiger partial charge in [0, 0.05) is 5.56 Å². The topological polar surface area (TPSA) is 84.5 Å². The lowest BCUT2D eigenvalue weighted by molar-refractivity contribution is 0.102. The molecule has 0 radical (unpaired) electrons. The quantitative estimate of drug-likeness (QED) is 0.658. The van der Waals surface area contributed by atoms with Gasteiger partial charge in [0.2, 0.25) is 0 Å². The Morgan fingerprint density at radius 3 is 2.14 bits per heavy atom. The molecule has 0 heterocycles. The summed E-state index contributed by atoms with van der Waals surface area (Å²) in [5.74, 6) is -0.599. The Hall–Kier alpha value is -3.39. The van der Waals surface area contributed by atoms with Gasteiger partial charge in [0.1, 0.15) is 11.6 Å². The number of hydrogen-bond acceptors (Lipinski definition) is 4. The van der Waals surface area contributed by atoms with Gasteiger partial charge >= 0.3 is 0 Å². The molecule has 28 heavy (non-hydrogen) atoms. The number of ether oxygens (including phenoxy) is 1. The Balaban J connectivity index is 1.77. The molecule has 0 saturated heterocycles. The summed E-state index contributed by atoms with van der Waals surface area (Å²) in [6.45, 7) is 0. The van der Waals surface area contributed by atoms with Gasteiger partial charge in [0.05, 0.1) is 23.4 Å². The van der Waals surface area contributed by atoms with Crippen LogP contribution in [-0.2, 0) is 10.0 Å². The predicted molar refractivity (Wildman–Crippen MR) is 105 cm³/mol. The normalized spacial score (nSPS) is 10.9. The number of amides is 1. The third-order valence-corrected chi connectivity index (χ3v) is 5.28. The van der Waals surface area contributed by atoms with Gasteiger partial charge in [-0.2, -0.15) is 0 Å². The number of methoxy groups -OCH3 is 1. The van der Waals surface area contributed by atoms with Crippen LogP contribution in [0.15, 0.2) is 77.7 Å². The minimum absolute atomic E-state index is 0.0930. The molecular formula is C20H17FN2O4S. The number of nitrogens with one attached hydrogen (secondary N) is 2. The second-order valence-corrected chi connectivity index (χ2v) is 7.45. The summed E-state index contributed by atoms with van der Waals surface area (Å²) < 4.78 is 45.9.